The van der Waals surface area contributed by atoms with Crippen molar-refractivity contribution in [1.82, 2.24) is 9.55 Å². The molecule has 0 N–H and O–H groups in total. The second kappa shape index (κ2) is 6.79. The van der Waals surface area contributed by atoms with E-state index in [0.717, 1.165) is 23.4 Å². The van der Waals surface area contributed by atoms with Crippen molar-refractivity contribution in [2.75, 3.05) is 0 Å². The van der Waals surface area contributed by atoms with Crippen LogP contribution in [0.15, 0.2) is 53.3 Å². The lowest BCUT2D eigenvalue weighted by Crippen LogP contribution is -2.27. The van der Waals surface area contributed by atoms with Gasteiger partial charge in [-0.3, -0.25) is 14.7 Å². The number of nitrogens with zero attached hydrogens (tertiary/aromatic N) is 3. The van der Waals surface area contributed by atoms with E-state index < -0.39 is 4.92 Å². The van der Waals surface area contributed by atoms with Gasteiger partial charge in [-0.25, -0.2) is 4.79 Å². The van der Waals surface area contributed by atoms with E-state index in [0.29, 0.717) is 23.0 Å². The van der Waals surface area contributed by atoms with Gasteiger partial charge in [-0.2, -0.15) is 4.98 Å². The molecule has 0 amide bonds. The number of nitro benzene ring substituents is 1. The summed E-state index contributed by atoms with van der Waals surface area (Å²) in [5.74, 6) is 0.865. The fourth-order valence-corrected chi connectivity index (χ4v) is 5.43. The maximum absolute atomic E-state index is 13.0. The van der Waals surface area contributed by atoms with E-state index in [1.54, 1.807) is 16.7 Å². The van der Waals surface area contributed by atoms with Crippen molar-refractivity contribution in [2.24, 2.45) is 11.3 Å². The summed E-state index contributed by atoms with van der Waals surface area (Å²) in [6, 6.07) is 14.1. The normalized spacial score (nSPS) is 23.0. The molecule has 6 heteroatoms. The highest BCUT2D eigenvalue weighted by Gasteiger charge is 2.44. The minimum Gasteiger partial charge on any atom is -0.292 e. The molecule has 5 rings (SSSR count). The average Bonchev–Trinajstić information content (AvgIpc) is 3.34. The molecule has 2 aromatic carbocycles. The fraction of sp³-hybridized carbons (Fsp3) is 0.391. The van der Waals surface area contributed by atoms with E-state index in [-0.39, 0.29) is 11.4 Å². The van der Waals surface area contributed by atoms with Gasteiger partial charge in [0.05, 0.1) is 16.1 Å². The van der Waals surface area contributed by atoms with E-state index in [2.05, 4.69) is 4.98 Å². The van der Waals surface area contributed by atoms with Gasteiger partial charge < -0.3 is 0 Å². The second-order valence-corrected chi connectivity index (χ2v) is 8.62. The van der Waals surface area contributed by atoms with Gasteiger partial charge in [0.15, 0.2) is 0 Å². The molecule has 0 radical (unpaired) electrons. The molecule has 2 aliphatic rings. The number of aryl methyl sites for hydroxylation is 1. The van der Waals surface area contributed by atoms with Crippen molar-refractivity contribution in [3.63, 3.8) is 0 Å². The lowest BCUT2D eigenvalue weighted by Gasteiger charge is -2.27. The molecule has 6 nitrogen and oxygen atoms in total. The molecule has 29 heavy (non-hydrogen) atoms. The van der Waals surface area contributed by atoms with Gasteiger partial charge in [-0.15, -0.1) is 0 Å². The van der Waals surface area contributed by atoms with Crippen LogP contribution >= 0.6 is 0 Å². The lowest BCUT2D eigenvalue weighted by atomic mass is 9.81. The molecule has 2 bridgehead atoms. The first kappa shape index (κ1) is 18.0. The zero-order valence-electron chi connectivity index (χ0n) is 16.2. The smallest absolute Gasteiger partial charge is 0.292 e. The van der Waals surface area contributed by atoms with Gasteiger partial charge in [0, 0.05) is 29.6 Å². The van der Waals surface area contributed by atoms with Crippen LogP contribution in [-0.2, 0) is 6.54 Å². The van der Waals surface area contributed by atoms with Crippen molar-refractivity contribution < 1.29 is 4.92 Å². The van der Waals surface area contributed by atoms with Crippen molar-refractivity contribution in [3.05, 3.63) is 69.1 Å². The maximum atomic E-state index is 13.0. The first-order chi connectivity index (χ1) is 14.0. The van der Waals surface area contributed by atoms with Crippen LogP contribution in [0.1, 0.15) is 38.5 Å². The van der Waals surface area contributed by atoms with Crippen LogP contribution < -0.4 is 5.69 Å². The molecule has 2 saturated carbocycles. The molecule has 0 saturated heterocycles. The molecule has 0 atom stereocenters. The Morgan fingerprint density at radius 3 is 2.55 bits per heavy atom. The third-order valence-corrected chi connectivity index (χ3v) is 6.98. The summed E-state index contributed by atoms with van der Waals surface area (Å²) in [6.45, 7) is 0.613. The Hall–Kier alpha value is -3.02. The van der Waals surface area contributed by atoms with Crippen LogP contribution in [0.4, 0.5) is 5.69 Å². The molecule has 0 spiro atoms. The zero-order chi connectivity index (χ0) is 20.0. The number of rotatable bonds is 5. The Morgan fingerprint density at radius 2 is 1.90 bits per heavy atom. The summed E-state index contributed by atoms with van der Waals surface area (Å²) in [6.07, 6.45) is 7.39. The van der Waals surface area contributed by atoms with Crippen LogP contribution in [0.3, 0.4) is 0 Å². The molecule has 2 aliphatic carbocycles. The summed E-state index contributed by atoms with van der Waals surface area (Å²) < 4.78 is 1.71. The highest BCUT2D eigenvalue weighted by atomic mass is 16.6. The first-order valence-electron chi connectivity index (χ1n) is 10.3. The summed E-state index contributed by atoms with van der Waals surface area (Å²) in [5.41, 5.74) is 2.11. The molecule has 0 aliphatic heterocycles. The average molecular weight is 389 g/mol. The molecule has 2 fully saturated rings. The van der Waals surface area contributed by atoms with E-state index in [4.69, 9.17) is 0 Å². The summed E-state index contributed by atoms with van der Waals surface area (Å²) >= 11 is 0. The number of aromatic nitrogens is 2. The maximum Gasteiger partial charge on any atom is 0.348 e. The van der Waals surface area contributed by atoms with E-state index in [1.165, 1.54) is 38.2 Å². The SMILES string of the molecule is O=c1nc(-c2ccccc2)c2cc([N+](=O)[O-])ccc2n1CCC12CCC(CC1)C2. The Balaban J connectivity index is 1.62. The Kier molecular flexibility index (Phi) is 4.23. The fourth-order valence-electron chi connectivity index (χ4n) is 5.43. The Morgan fingerprint density at radius 1 is 1.14 bits per heavy atom. The number of nitro groups is 1. The third kappa shape index (κ3) is 3.12. The van der Waals surface area contributed by atoms with Crippen molar-refractivity contribution in [1.29, 1.82) is 0 Å². The molecular weight excluding hydrogens is 366 g/mol. The monoisotopic (exact) mass is 389 g/mol. The van der Waals surface area contributed by atoms with Gasteiger partial charge in [-0.1, -0.05) is 30.3 Å². The minimum absolute atomic E-state index is 0.00898. The Labute approximate surface area is 168 Å². The van der Waals surface area contributed by atoms with Gasteiger partial charge in [0.2, 0.25) is 0 Å². The van der Waals surface area contributed by atoms with Gasteiger partial charge in [0.1, 0.15) is 0 Å². The van der Waals surface area contributed by atoms with Crippen LogP contribution in [0, 0.1) is 21.4 Å². The number of hydrogen-bond donors (Lipinski definition) is 0. The molecule has 1 aromatic heterocycles. The molecular formula is C23H23N3O3. The van der Waals surface area contributed by atoms with E-state index >= 15 is 0 Å². The predicted molar refractivity (Wildman–Crippen MR) is 112 cm³/mol. The van der Waals surface area contributed by atoms with Crippen molar-refractivity contribution in [2.45, 2.75) is 45.1 Å². The molecule has 148 valence electrons. The van der Waals surface area contributed by atoms with Crippen LogP contribution in [-0.4, -0.2) is 14.5 Å². The largest absolute Gasteiger partial charge is 0.348 e. The van der Waals surface area contributed by atoms with Crippen molar-refractivity contribution >= 4 is 16.6 Å². The quantitative estimate of drug-likeness (QED) is 0.457. The highest BCUT2D eigenvalue weighted by molar-refractivity contribution is 5.93. The molecule has 3 aromatic rings. The van der Waals surface area contributed by atoms with Crippen LogP contribution in [0.2, 0.25) is 0 Å². The number of non-ortho nitro benzene ring substituents is 1. The van der Waals surface area contributed by atoms with E-state index in [9.17, 15) is 14.9 Å². The van der Waals surface area contributed by atoms with Crippen molar-refractivity contribution in [3.8, 4) is 11.3 Å². The topological polar surface area (TPSA) is 78.0 Å². The van der Waals surface area contributed by atoms with Crippen LogP contribution in [0.25, 0.3) is 22.2 Å². The third-order valence-electron chi connectivity index (χ3n) is 6.98. The summed E-state index contributed by atoms with van der Waals surface area (Å²) in [4.78, 5) is 28.3. The first-order valence-corrected chi connectivity index (χ1v) is 10.3. The van der Waals surface area contributed by atoms with Gasteiger partial charge in [-0.05, 0) is 55.9 Å². The molecule has 0 unspecified atom stereocenters. The Bertz CT molecular complexity index is 1150. The van der Waals surface area contributed by atoms with E-state index in [1.807, 2.05) is 30.3 Å². The predicted octanol–water partition coefficient (Wildman–Crippen LogP) is 4.94. The summed E-state index contributed by atoms with van der Waals surface area (Å²) in [5, 5.41) is 12.0. The number of benzene rings is 2. The lowest BCUT2D eigenvalue weighted by molar-refractivity contribution is -0.384. The van der Waals surface area contributed by atoms with Gasteiger partial charge >= 0.3 is 5.69 Å². The zero-order valence-corrected chi connectivity index (χ0v) is 16.2. The van der Waals surface area contributed by atoms with Gasteiger partial charge in [0.25, 0.3) is 5.69 Å². The standard InChI is InChI=1S/C23H23N3O3/c27-22-24-21(17-4-2-1-3-5-17)19-14-18(26(28)29)6-7-20(19)25(22)13-12-23-10-8-16(15-23)9-11-23/h1-7,14,16H,8-13,15H2. The number of fused-ring (bicyclic) bond motifs is 3. The van der Waals surface area contributed by atoms with Crippen LogP contribution in [0.5, 0.6) is 0 Å². The highest BCUT2D eigenvalue weighted by Crippen LogP contribution is 2.56. The summed E-state index contributed by atoms with van der Waals surface area (Å²) in [7, 11) is 0. The number of hydrogen-bond acceptors (Lipinski definition) is 4. The minimum atomic E-state index is -0.403. The second-order valence-electron chi connectivity index (χ2n) is 8.62. The molecule has 1 heterocycles.